The highest BCUT2D eigenvalue weighted by molar-refractivity contribution is 5.99. The van der Waals surface area contributed by atoms with Crippen molar-refractivity contribution in [1.82, 2.24) is 4.90 Å². The minimum Gasteiger partial charge on any atom is -0.366 e. The van der Waals surface area contributed by atoms with Crippen molar-refractivity contribution in [2.75, 3.05) is 13.1 Å². The molecule has 1 aromatic carbocycles. The molecule has 1 heterocycles. The van der Waals surface area contributed by atoms with Crippen molar-refractivity contribution in [2.45, 2.75) is 25.8 Å². The Labute approximate surface area is 131 Å². The summed E-state index contributed by atoms with van der Waals surface area (Å²) in [5.74, 6) is -0.0118. The van der Waals surface area contributed by atoms with Crippen LogP contribution >= 0.6 is 12.4 Å². The van der Waals surface area contributed by atoms with Gasteiger partial charge < -0.3 is 16.4 Å². The molecule has 2 unspecified atom stereocenters. The molecular formula is C15H22ClN3O2. The number of rotatable bonds is 3. The molecule has 0 aromatic heterocycles. The molecule has 0 spiro atoms. The standard InChI is InChI=1S/C15H21N3O2.ClH/c1-10-5-6-18(13(7-10)9-16)15(20)12-4-2-3-11(8-12)14(17)19;/h2-4,8,10,13H,5-7,9,16H2,1H3,(H2,17,19);1H. The van der Waals surface area contributed by atoms with Crippen LogP contribution in [-0.4, -0.2) is 35.8 Å². The number of amides is 2. The summed E-state index contributed by atoms with van der Waals surface area (Å²) in [6, 6.07) is 6.62. The van der Waals surface area contributed by atoms with Gasteiger partial charge in [-0.05, 0) is 37.0 Å². The highest BCUT2D eigenvalue weighted by Crippen LogP contribution is 2.23. The Kier molecular flexibility index (Phi) is 6.18. The van der Waals surface area contributed by atoms with Crippen molar-refractivity contribution in [3.05, 3.63) is 35.4 Å². The van der Waals surface area contributed by atoms with Gasteiger partial charge in [-0.1, -0.05) is 13.0 Å². The second-order valence-corrected chi connectivity index (χ2v) is 5.46. The number of nitrogens with zero attached hydrogens (tertiary/aromatic N) is 1. The lowest BCUT2D eigenvalue weighted by Crippen LogP contribution is -2.49. The fourth-order valence-electron chi connectivity index (χ4n) is 2.71. The summed E-state index contributed by atoms with van der Waals surface area (Å²) in [6.45, 7) is 3.35. The molecule has 1 aliphatic rings. The molecule has 5 nitrogen and oxygen atoms in total. The lowest BCUT2D eigenvalue weighted by Gasteiger charge is -2.38. The zero-order valence-electron chi connectivity index (χ0n) is 12.1. The van der Waals surface area contributed by atoms with Crippen LogP contribution in [0.2, 0.25) is 0 Å². The van der Waals surface area contributed by atoms with Gasteiger partial charge in [0.1, 0.15) is 0 Å². The maximum Gasteiger partial charge on any atom is 0.254 e. The maximum absolute atomic E-state index is 12.6. The molecule has 4 N–H and O–H groups in total. The molecule has 0 saturated carbocycles. The van der Waals surface area contributed by atoms with Crippen LogP contribution in [0, 0.1) is 5.92 Å². The molecule has 6 heteroatoms. The number of hydrogen-bond acceptors (Lipinski definition) is 3. The minimum absolute atomic E-state index is 0. The van der Waals surface area contributed by atoms with Gasteiger partial charge in [-0.15, -0.1) is 12.4 Å². The molecule has 0 radical (unpaired) electrons. The Morgan fingerprint density at radius 3 is 2.62 bits per heavy atom. The zero-order chi connectivity index (χ0) is 14.7. The summed E-state index contributed by atoms with van der Waals surface area (Å²) < 4.78 is 0. The first-order valence-electron chi connectivity index (χ1n) is 6.93. The zero-order valence-corrected chi connectivity index (χ0v) is 12.9. The Bertz CT molecular complexity index is 521. The van der Waals surface area contributed by atoms with Crippen LogP contribution in [0.1, 0.15) is 40.5 Å². The first-order chi connectivity index (χ1) is 9.52. The normalized spacial score (nSPS) is 21.5. The number of carbonyl (C=O) groups is 2. The van der Waals surface area contributed by atoms with Gasteiger partial charge >= 0.3 is 0 Å². The van der Waals surface area contributed by atoms with E-state index in [-0.39, 0.29) is 24.4 Å². The van der Waals surface area contributed by atoms with E-state index in [0.717, 1.165) is 12.8 Å². The summed E-state index contributed by atoms with van der Waals surface area (Å²) in [5, 5.41) is 0. The van der Waals surface area contributed by atoms with Gasteiger partial charge in [-0.2, -0.15) is 0 Å². The summed E-state index contributed by atoms with van der Waals surface area (Å²) in [6.07, 6.45) is 1.91. The van der Waals surface area contributed by atoms with Gasteiger partial charge in [0.2, 0.25) is 5.91 Å². The first-order valence-corrected chi connectivity index (χ1v) is 6.93. The monoisotopic (exact) mass is 311 g/mol. The SMILES string of the molecule is CC1CCN(C(=O)c2cccc(C(N)=O)c2)C(CN)C1.Cl. The summed E-state index contributed by atoms with van der Waals surface area (Å²) in [7, 11) is 0. The minimum atomic E-state index is -0.526. The number of primary amides is 1. The van der Waals surface area contributed by atoms with E-state index in [4.69, 9.17) is 11.5 Å². The predicted octanol–water partition coefficient (Wildman–Crippen LogP) is 1.41. The molecule has 2 rings (SSSR count). The lowest BCUT2D eigenvalue weighted by atomic mass is 9.91. The van der Waals surface area contributed by atoms with Crippen LogP contribution in [0.15, 0.2) is 24.3 Å². The van der Waals surface area contributed by atoms with E-state index in [1.165, 1.54) is 0 Å². The predicted molar refractivity (Wildman–Crippen MR) is 84.5 cm³/mol. The van der Waals surface area contributed by atoms with Crippen LogP contribution in [0.25, 0.3) is 0 Å². The molecule has 116 valence electrons. The largest absolute Gasteiger partial charge is 0.366 e. The van der Waals surface area contributed by atoms with Gasteiger partial charge in [0, 0.05) is 30.3 Å². The second-order valence-electron chi connectivity index (χ2n) is 5.46. The molecule has 1 fully saturated rings. The van der Waals surface area contributed by atoms with Gasteiger partial charge in [0.25, 0.3) is 5.91 Å². The molecule has 0 aliphatic carbocycles. The van der Waals surface area contributed by atoms with Gasteiger partial charge in [-0.3, -0.25) is 9.59 Å². The molecular weight excluding hydrogens is 290 g/mol. The first kappa shape index (κ1) is 17.5. The van der Waals surface area contributed by atoms with E-state index < -0.39 is 5.91 Å². The van der Waals surface area contributed by atoms with Crippen LogP contribution in [-0.2, 0) is 0 Å². The summed E-state index contributed by atoms with van der Waals surface area (Å²) in [5.41, 5.74) is 11.9. The van der Waals surface area contributed by atoms with E-state index in [9.17, 15) is 9.59 Å². The van der Waals surface area contributed by atoms with E-state index in [2.05, 4.69) is 6.92 Å². The topological polar surface area (TPSA) is 89.4 Å². The number of likely N-dealkylation sites (tertiary alicyclic amines) is 1. The van der Waals surface area contributed by atoms with Crippen LogP contribution < -0.4 is 11.5 Å². The average molecular weight is 312 g/mol. The highest BCUT2D eigenvalue weighted by Gasteiger charge is 2.29. The number of carbonyl (C=O) groups excluding carboxylic acids is 2. The van der Waals surface area contributed by atoms with Gasteiger partial charge in [0.15, 0.2) is 0 Å². The van der Waals surface area contributed by atoms with Crippen molar-refractivity contribution >= 4 is 24.2 Å². The Balaban J connectivity index is 0.00000220. The van der Waals surface area contributed by atoms with E-state index in [0.29, 0.717) is 30.1 Å². The van der Waals surface area contributed by atoms with Gasteiger partial charge in [-0.25, -0.2) is 0 Å². The van der Waals surface area contributed by atoms with Crippen LogP contribution in [0.3, 0.4) is 0 Å². The number of hydrogen-bond donors (Lipinski definition) is 2. The fraction of sp³-hybridized carbons (Fsp3) is 0.467. The molecule has 21 heavy (non-hydrogen) atoms. The van der Waals surface area contributed by atoms with Crippen molar-refractivity contribution in [3.8, 4) is 0 Å². The van der Waals surface area contributed by atoms with Crippen molar-refractivity contribution < 1.29 is 9.59 Å². The van der Waals surface area contributed by atoms with Gasteiger partial charge in [0.05, 0.1) is 0 Å². The molecule has 1 aliphatic heterocycles. The molecule has 2 amide bonds. The fourth-order valence-corrected chi connectivity index (χ4v) is 2.71. The lowest BCUT2D eigenvalue weighted by molar-refractivity contribution is 0.0573. The molecule has 1 aromatic rings. The molecule has 1 saturated heterocycles. The highest BCUT2D eigenvalue weighted by atomic mass is 35.5. The van der Waals surface area contributed by atoms with Crippen molar-refractivity contribution in [1.29, 1.82) is 0 Å². The number of halogens is 1. The summed E-state index contributed by atoms with van der Waals surface area (Å²) in [4.78, 5) is 25.6. The quantitative estimate of drug-likeness (QED) is 0.884. The number of piperidine rings is 1. The number of nitrogens with two attached hydrogens (primary N) is 2. The smallest absolute Gasteiger partial charge is 0.254 e. The van der Waals surface area contributed by atoms with Crippen molar-refractivity contribution in [3.63, 3.8) is 0 Å². The van der Waals surface area contributed by atoms with Crippen LogP contribution in [0.5, 0.6) is 0 Å². The average Bonchev–Trinajstić information content (AvgIpc) is 2.46. The third-order valence-corrected chi connectivity index (χ3v) is 3.90. The molecule has 0 bridgehead atoms. The van der Waals surface area contributed by atoms with E-state index in [1.807, 2.05) is 4.90 Å². The Morgan fingerprint density at radius 1 is 1.33 bits per heavy atom. The van der Waals surface area contributed by atoms with Crippen LogP contribution in [0.4, 0.5) is 0 Å². The molecule has 2 atom stereocenters. The second kappa shape index (κ2) is 7.43. The third kappa shape index (κ3) is 3.95. The summed E-state index contributed by atoms with van der Waals surface area (Å²) >= 11 is 0. The van der Waals surface area contributed by atoms with E-state index in [1.54, 1.807) is 24.3 Å². The maximum atomic E-state index is 12.6. The van der Waals surface area contributed by atoms with Crippen molar-refractivity contribution in [2.24, 2.45) is 17.4 Å². The Hall–Kier alpha value is -1.59. The Morgan fingerprint density at radius 2 is 2.00 bits per heavy atom. The van der Waals surface area contributed by atoms with E-state index >= 15 is 0 Å². The number of benzene rings is 1. The third-order valence-electron chi connectivity index (χ3n) is 3.90.